The molecule has 2 N–H and O–H groups in total. The van der Waals surface area contributed by atoms with E-state index >= 15 is 0 Å². The van der Waals surface area contributed by atoms with Crippen molar-refractivity contribution in [1.29, 1.82) is 0 Å². The Labute approximate surface area is 119 Å². The molecule has 0 spiro atoms. The summed E-state index contributed by atoms with van der Waals surface area (Å²) in [4.78, 5) is 32.9. The molecule has 7 heteroatoms. The SMILES string of the molecule is O=CNNc1ccc(C(=O)c2ccccc2)cc1[N+](=O)[O-]. The zero-order valence-corrected chi connectivity index (χ0v) is 10.8. The predicted octanol–water partition coefficient (Wildman–Crippen LogP) is 1.90. The Morgan fingerprint density at radius 2 is 1.81 bits per heavy atom. The second-order valence-corrected chi connectivity index (χ2v) is 4.07. The molecule has 2 aromatic rings. The molecular formula is C14H11N3O4. The number of benzene rings is 2. The monoisotopic (exact) mass is 285 g/mol. The maximum Gasteiger partial charge on any atom is 0.294 e. The number of hydrogen-bond donors (Lipinski definition) is 2. The van der Waals surface area contributed by atoms with Crippen molar-refractivity contribution >= 4 is 23.6 Å². The Morgan fingerprint density at radius 1 is 1.10 bits per heavy atom. The van der Waals surface area contributed by atoms with Gasteiger partial charge in [-0.25, -0.2) is 0 Å². The summed E-state index contributed by atoms with van der Waals surface area (Å²) in [6.45, 7) is 0. The van der Waals surface area contributed by atoms with Crippen molar-refractivity contribution in [2.75, 3.05) is 5.43 Å². The van der Waals surface area contributed by atoms with Crippen LogP contribution in [0.2, 0.25) is 0 Å². The van der Waals surface area contributed by atoms with Crippen molar-refractivity contribution in [3.63, 3.8) is 0 Å². The molecule has 106 valence electrons. The standard InChI is InChI=1S/C14H11N3O4/c18-9-15-16-12-7-6-11(8-13(12)17(20)21)14(19)10-4-2-1-3-5-10/h1-9,16H,(H,15,18). The lowest BCUT2D eigenvalue weighted by Gasteiger charge is -2.07. The molecule has 7 nitrogen and oxygen atoms in total. The van der Waals surface area contributed by atoms with E-state index in [1.807, 2.05) is 0 Å². The van der Waals surface area contributed by atoms with Crippen LogP contribution in [0.1, 0.15) is 15.9 Å². The number of nitro benzene ring substituents is 1. The van der Waals surface area contributed by atoms with Gasteiger partial charge in [0.15, 0.2) is 5.78 Å². The van der Waals surface area contributed by atoms with Crippen LogP contribution in [0.3, 0.4) is 0 Å². The fourth-order valence-electron chi connectivity index (χ4n) is 1.79. The van der Waals surface area contributed by atoms with Crippen molar-refractivity contribution in [2.24, 2.45) is 0 Å². The van der Waals surface area contributed by atoms with Crippen LogP contribution in [0.4, 0.5) is 11.4 Å². The van der Waals surface area contributed by atoms with Gasteiger partial charge in [-0.15, -0.1) is 0 Å². The van der Waals surface area contributed by atoms with Gasteiger partial charge < -0.3 is 0 Å². The summed E-state index contributed by atoms with van der Waals surface area (Å²) in [5.74, 6) is -0.311. The van der Waals surface area contributed by atoms with Crippen LogP contribution in [0, 0.1) is 10.1 Å². The van der Waals surface area contributed by atoms with Crippen molar-refractivity contribution in [2.45, 2.75) is 0 Å². The van der Waals surface area contributed by atoms with E-state index in [9.17, 15) is 19.7 Å². The van der Waals surface area contributed by atoms with Gasteiger partial charge in [-0.3, -0.25) is 30.6 Å². The number of amides is 1. The molecule has 0 aromatic heterocycles. The van der Waals surface area contributed by atoms with E-state index in [-0.39, 0.29) is 22.7 Å². The summed E-state index contributed by atoms with van der Waals surface area (Å²) in [5.41, 5.74) is 4.94. The van der Waals surface area contributed by atoms with E-state index in [0.717, 1.165) is 0 Å². The molecule has 0 aliphatic carbocycles. The Bertz CT molecular complexity index is 686. The Morgan fingerprint density at radius 3 is 2.43 bits per heavy atom. The van der Waals surface area contributed by atoms with Crippen molar-refractivity contribution in [3.05, 3.63) is 69.8 Å². The average Bonchev–Trinajstić information content (AvgIpc) is 2.52. The maximum absolute atomic E-state index is 12.2. The van der Waals surface area contributed by atoms with Gasteiger partial charge in [-0.2, -0.15) is 0 Å². The summed E-state index contributed by atoms with van der Waals surface area (Å²) >= 11 is 0. The Balaban J connectivity index is 2.38. The van der Waals surface area contributed by atoms with Crippen LogP contribution < -0.4 is 10.9 Å². The van der Waals surface area contributed by atoms with Crippen LogP contribution in [0.15, 0.2) is 48.5 Å². The highest BCUT2D eigenvalue weighted by Gasteiger charge is 2.18. The first-order valence-electron chi connectivity index (χ1n) is 5.97. The zero-order chi connectivity index (χ0) is 15.2. The minimum atomic E-state index is -0.628. The van der Waals surface area contributed by atoms with Gasteiger partial charge in [0.2, 0.25) is 6.41 Å². The van der Waals surface area contributed by atoms with Gasteiger partial charge in [0.1, 0.15) is 5.69 Å². The highest BCUT2D eigenvalue weighted by atomic mass is 16.6. The minimum Gasteiger partial charge on any atom is -0.292 e. The number of nitro groups is 1. The normalized spacial score (nSPS) is 9.71. The Kier molecular flexibility index (Phi) is 4.25. The average molecular weight is 285 g/mol. The van der Waals surface area contributed by atoms with Crippen LogP contribution in [0.5, 0.6) is 0 Å². The summed E-state index contributed by atoms with van der Waals surface area (Å²) in [6, 6.07) is 12.5. The van der Waals surface area contributed by atoms with E-state index in [1.165, 1.54) is 18.2 Å². The number of hydrogen-bond acceptors (Lipinski definition) is 5. The highest BCUT2D eigenvalue weighted by molar-refractivity contribution is 6.09. The molecule has 21 heavy (non-hydrogen) atoms. The van der Waals surface area contributed by atoms with E-state index in [4.69, 9.17) is 0 Å². The van der Waals surface area contributed by atoms with Crippen molar-refractivity contribution < 1.29 is 14.5 Å². The minimum absolute atomic E-state index is 0.0942. The number of nitrogens with one attached hydrogen (secondary N) is 2. The zero-order valence-electron chi connectivity index (χ0n) is 10.8. The van der Waals surface area contributed by atoms with Gasteiger partial charge >= 0.3 is 0 Å². The summed E-state index contributed by atoms with van der Waals surface area (Å²) in [7, 11) is 0. The molecule has 0 aliphatic rings. The number of nitrogens with zero attached hydrogens (tertiary/aromatic N) is 1. The summed E-state index contributed by atoms with van der Waals surface area (Å²) in [5, 5.41) is 11.0. The van der Waals surface area contributed by atoms with E-state index < -0.39 is 4.92 Å². The van der Waals surface area contributed by atoms with Crippen LogP contribution in [-0.4, -0.2) is 17.1 Å². The van der Waals surface area contributed by atoms with Gasteiger partial charge in [0.25, 0.3) is 5.69 Å². The molecule has 0 radical (unpaired) electrons. The smallest absolute Gasteiger partial charge is 0.292 e. The van der Waals surface area contributed by atoms with Gasteiger partial charge in [-0.1, -0.05) is 30.3 Å². The van der Waals surface area contributed by atoms with Gasteiger partial charge in [-0.05, 0) is 12.1 Å². The molecular weight excluding hydrogens is 274 g/mol. The molecule has 2 rings (SSSR count). The molecule has 0 unspecified atom stereocenters. The number of carbonyl (C=O) groups excluding carboxylic acids is 2. The topological polar surface area (TPSA) is 101 Å². The quantitative estimate of drug-likeness (QED) is 0.365. The molecule has 0 heterocycles. The summed E-state index contributed by atoms with van der Waals surface area (Å²) < 4.78 is 0. The number of carbonyl (C=O) groups is 2. The second kappa shape index (κ2) is 6.29. The first-order chi connectivity index (χ1) is 10.1. The molecule has 0 bridgehead atoms. The molecule has 1 amide bonds. The summed E-state index contributed by atoms with van der Waals surface area (Å²) in [6.07, 6.45) is 0.354. The molecule has 0 saturated carbocycles. The molecule has 0 atom stereocenters. The first kappa shape index (κ1) is 14.2. The van der Waals surface area contributed by atoms with E-state index in [0.29, 0.717) is 12.0 Å². The molecule has 0 saturated heterocycles. The van der Waals surface area contributed by atoms with Gasteiger partial charge in [0, 0.05) is 17.2 Å². The number of hydrazine groups is 1. The third-order valence-corrected chi connectivity index (χ3v) is 2.76. The second-order valence-electron chi connectivity index (χ2n) is 4.07. The Hall–Kier alpha value is -3.22. The van der Waals surface area contributed by atoms with E-state index in [2.05, 4.69) is 10.9 Å². The lowest BCUT2D eigenvalue weighted by molar-refractivity contribution is -0.384. The first-order valence-corrected chi connectivity index (χ1v) is 5.97. The third kappa shape index (κ3) is 3.21. The molecule has 0 fully saturated rings. The molecule has 0 aliphatic heterocycles. The maximum atomic E-state index is 12.2. The number of rotatable bonds is 6. The predicted molar refractivity (Wildman–Crippen MR) is 75.8 cm³/mol. The fourth-order valence-corrected chi connectivity index (χ4v) is 1.79. The fraction of sp³-hybridized carbons (Fsp3) is 0. The van der Waals surface area contributed by atoms with Crippen molar-refractivity contribution in [1.82, 2.24) is 5.43 Å². The third-order valence-electron chi connectivity index (χ3n) is 2.76. The van der Waals surface area contributed by atoms with Crippen molar-refractivity contribution in [3.8, 4) is 0 Å². The highest BCUT2D eigenvalue weighted by Crippen LogP contribution is 2.26. The van der Waals surface area contributed by atoms with Gasteiger partial charge in [0.05, 0.1) is 4.92 Å². The number of anilines is 1. The lowest BCUT2D eigenvalue weighted by atomic mass is 10.0. The molecule has 2 aromatic carbocycles. The largest absolute Gasteiger partial charge is 0.294 e. The van der Waals surface area contributed by atoms with Crippen LogP contribution in [-0.2, 0) is 4.79 Å². The van der Waals surface area contributed by atoms with Crippen LogP contribution in [0.25, 0.3) is 0 Å². The lowest BCUT2D eigenvalue weighted by Crippen LogP contribution is -2.20. The van der Waals surface area contributed by atoms with Crippen LogP contribution >= 0.6 is 0 Å². The van der Waals surface area contributed by atoms with E-state index in [1.54, 1.807) is 30.3 Å². The number of ketones is 1.